The number of fused-ring (bicyclic) bond motifs is 1. The molecule has 1 atom stereocenters. The molecule has 6 heteroatoms. The summed E-state index contributed by atoms with van der Waals surface area (Å²) in [4.78, 5) is 18.1. The second-order valence-electron chi connectivity index (χ2n) is 6.67. The van der Waals surface area contributed by atoms with Crippen LogP contribution in [-0.4, -0.2) is 42.5 Å². The van der Waals surface area contributed by atoms with Crippen molar-refractivity contribution < 1.29 is 13.2 Å². The van der Waals surface area contributed by atoms with E-state index in [2.05, 4.69) is 4.98 Å². The maximum absolute atomic E-state index is 13.0. The van der Waals surface area contributed by atoms with Crippen LogP contribution in [0.15, 0.2) is 65.7 Å². The summed E-state index contributed by atoms with van der Waals surface area (Å²) in [5.41, 5.74) is 1.49. The first kappa shape index (κ1) is 16.8. The van der Waals surface area contributed by atoms with Gasteiger partial charge in [0.25, 0.3) is 5.91 Å². The molecular weight excluding hydrogens is 348 g/mol. The minimum Gasteiger partial charge on any atom is -0.361 e. The molecule has 3 aromatic rings. The summed E-state index contributed by atoms with van der Waals surface area (Å²) in [6.45, 7) is 0.594. The van der Waals surface area contributed by atoms with E-state index in [1.807, 2.05) is 24.4 Å². The van der Waals surface area contributed by atoms with Crippen molar-refractivity contribution >= 4 is 26.6 Å². The number of benzene rings is 2. The number of hydrogen-bond acceptors (Lipinski definition) is 3. The Morgan fingerprint density at radius 2 is 1.92 bits per heavy atom. The lowest BCUT2D eigenvalue weighted by Crippen LogP contribution is -2.39. The normalized spacial score (nSPS) is 17.7. The number of rotatable bonds is 4. The van der Waals surface area contributed by atoms with Crippen molar-refractivity contribution in [2.75, 3.05) is 12.3 Å². The molecule has 0 saturated carbocycles. The van der Waals surface area contributed by atoms with Gasteiger partial charge >= 0.3 is 0 Å². The molecule has 2 aromatic carbocycles. The molecule has 1 aromatic heterocycles. The molecule has 1 unspecified atom stereocenters. The van der Waals surface area contributed by atoms with E-state index in [1.165, 1.54) is 0 Å². The fourth-order valence-electron chi connectivity index (χ4n) is 3.60. The Morgan fingerprint density at radius 3 is 2.73 bits per heavy atom. The van der Waals surface area contributed by atoms with Gasteiger partial charge in [-0.15, -0.1) is 0 Å². The number of likely N-dealkylation sites (tertiary alicyclic amines) is 1. The van der Waals surface area contributed by atoms with Gasteiger partial charge < -0.3 is 9.88 Å². The smallest absolute Gasteiger partial charge is 0.254 e. The number of nitrogens with zero attached hydrogens (tertiary/aromatic N) is 1. The standard InChI is InChI=1S/C20H20N2O3S/c23-20(16-9-8-15-10-11-21-19(15)13-16)22-12-4-5-17(22)14-26(24,25)18-6-2-1-3-7-18/h1-3,6-11,13,17,21H,4-5,12,14H2. The van der Waals surface area contributed by atoms with Gasteiger partial charge in [-0.05, 0) is 48.6 Å². The minimum atomic E-state index is -3.42. The molecule has 1 aliphatic rings. The van der Waals surface area contributed by atoms with Gasteiger partial charge in [-0.25, -0.2) is 8.42 Å². The van der Waals surface area contributed by atoms with Gasteiger partial charge in [-0.2, -0.15) is 0 Å². The van der Waals surface area contributed by atoms with Crippen LogP contribution in [0.25, 0.3) is 10.9 Å². The molecule has 0 aliphatic carbocycles. The van der Waals surface area contributed by atoms with E-state index in [1.54, 1.807) is 41.3 Å². The van der Waals surface area contributed by atoms with Gasteiger partial charge in [0.2, 0.25) is 0 Å². The summed E-state index contributed by atoms with van der Waals surface area (Å²) in [7, 11) is -3.42. The number of sulfone groups is 1. The SMILES string of the molecule is O=C(c1ccc2cc[nH]c2c1)N1CCCC1CS(=O)(=O)c1ccccc1. The average molecular weight is 368 g/mol. The third-order valence-electron chi connectivity index (χ3n) is 4.95. The van der Waals surface area contributed by atoms with Crippen LogP contribution in [-0.2, 0) is 9.84 Å². The van der Waals surface area contributed by atoms with E-state index < -0.39 is 9.84 Å². The Balaban J connectivity index is 1.57. The quantitative estimate of drug-likeness (QED) is 0.768. The van der Waals surface area contributed by atoms with Crippen molar-refractivity contribution in [2.45, 2.75) is 23.8 Å². The summed E-state index contributed by atoms with van der Waals surface area (Å²) >= 11 is 0. The van der Waals surface area contributed by atoms with Crippen LogP contribution in [0.1, 0.15) is 23.2 Å². The summed E-state index contributed by atoms with van der Waals surface area (Å²) in [6.07, 6.45) is 3.37. The van der Waals surface area contributed by atoms with Crippen LogP contribution in [0, 0.1) is 0 Å². The number of carbonyl (C=O) groups is 1. The molecule has 0 spiro atoms. The van der Waals surface area contributed by atoms with Gasteiger partial charge in [0.15, 0.2) is 9.84 Å². The van der Waals surface area contributed by atoms with Crippen LogP contribution >= 0.6 is 0 Å². The van der Waals surface area contributed by atoms with E-state index in [0.717, 1.165) is 17.3 Å². The predicted octanol–water partition coefficient (Wildman–Crippen LogP) is 3.25. The number of nitrogens with one attached hydrogen (secondary N) is 1. The Morgan fingerprint density at radius 1 is 1.12 bits per heavy atom. The second-order valence-corrected chi connectivity index (χ2v) is 8.70. The molecule has 1 fully saturated rings. The highest BCUT2D eigenvalue weighted by Crippen LogP contribution is 2.25. The van der Waals surface area contributed by atoms with Crippen molar-refractivity contribution in [3.8, 4) is 0 Å². The monoisotopic (exact) mass is 368 g/mol. The molecule has 1 N–H and O–H groups in total. The predicted molar refractivity (Wildman–Crippen MR) is 101 cm³/mol. The Labute approximate surface area is 152 Å². The molecule has 1 aliphatic heterocycles. The third kappa shape index (κ3) is 3.12. The van der Waals surface area contributed by atoms with E-state index in [4.69, 9.17) is 0 Å². The summed E-state index contributed by atoms with van der Waals surface area (Å²) in [5.74, 6) is -0.139. The number of aromatic amines is 1. The molecule has 5 nitrogen and oxygen atoms in total. The van der Waals surface area contributed by atoms with Crippen molar-refractivity contribution in [3.05, 3.63) is 66.4 Å². The van der Waals surface area contributed by atoms with Crippen LogP contribution in [0.3, 0.4) is 0 Å². The van der Waals surface area contributed by atoms with Crippen molar-refractivity contribution in [2.24, 2.45) is 0 Å². The molecule has 0 radical (unpaired) electrons. The maximum Gasteiger partial charge on any atom is 0.254 e. The topological polar surface area (TPSA) is 70.2 Å². The van der Waals surface area contributed by atoms with Gasteiger partial charge in [0, 0.05) is 29.9 Å². The zero-order valence-electron chi connectivity index (χ0n) is 14.3. The average Bonchev–Trinajstić information content (AvgIpc) is 3.30. The number of hydrogen-bond donors (Lipinski definition) is 1. The molecule has 2 heterocycles. The van der Waals surface area contributed by atoms with Crippen LogP contribution in [0.4, 0.5) is 0 Å². The fraction of sp³-hybridized carbons (Fsp3) is 0.250. The van der Waals surface area contributed by atoms with Gasteiger partial charge in [-0.3, -0.25) is 4.79 Å². The van der Waals surface area contributed by atoms with E-state index in [0.29, 0.717) is 23.4 Å². The van der Waals surface area contributed by atoms with Crippen LogP contribution in [0.5, 0.6) is 0 Å². The van der Waals surface area contributed by atoms with Crippen molar-refractivity contribution in [1.29, 1.82) is 0 Å². The zero-order chi connectivity index (χ0) is 18.1. The zero-order valence-corrected chi connectivity index (χ0v) is 15.1. The molecule has 1 saturated heterocycles. The largest absolute Gasteiger partial charge is 0.361 e. The third-order valence-corrected chi connectivity index (χ3v) is 6.77. The first-order valence-corrected chi connectivity index (χ1v) is 10.4. The van der Waals surface area contributed by atoms with Crippen molar-refractivity contribution in [1.82, 2.24) is 9.88 Å². The highest BCUT2D eigenvalue weighted by Gasteiger charge is 2.33. The Hall–Kier alpha value is -2.60. The number of amides is 1. The fourth-order valence-corrected chi connectivity index (χ4v) is 5.22. The molecule has 134 valence electrons. The highest BCUT2D eigenvalue weighted by molar-refractivity contribution is 7.91. The van der Waals surface area contributed by atoms with Gasteiger partial charge in [0.1, 0.15) is 0 Å². The van der Waals surface area contributed by atoms with Crippen molar-refractivity contribution in [3.63, 3.8) is 0 Å². The number of carbonyl (C=O) groups excluding carboxylic acids is 1. The molecule has 1 amide bonds. The molecule has 4 rings (SSSR count). The minimum absolute atomic E-state index is 0.0342. The van der Waals surface area contributed by atoms with E-state index in [-0.39, 0.29) is 17.7 Å². The van der Waals surface area contributed by atoms with Gasteiger partial charge in [-0.1, -0.05) is 24.3 Å². The lowest BCUT2D eigenvalue weighted by atomic mass is 10.1. The summed E-state index contributed by atoms with van der Waals surface area (Å²) < 4.78 is 25.4. The first-order valence-electron chi connectivity index (χ1n) is 8.70. The van der Waals surface area contributed by atoms with E-state index >= 15 is 0 Å². The summed E-state index contributed by atoms with van der Waals surface area (Å²) in [5, 5.41) is 1.05. The second kappa shape index (κ2) is 6.61. The molecule has 0 bridgehead atoms. The first-order chi connectivity index (χ1) is 12.5. The highest BCUT2D eigenvalue weighted by atomic mass is 32.2. The Bertz CT molecular complexity index is 1040. The number of H-pyrrole nitrogens is 1. The lowest BCUT2D eigenvalue weighted by molar-refractivity contribution is 0.0749. The molecule has 26 heavy (non-hydrogen) atoms. The molecular formula is C20H20N2O3S. The number of aromatic nitrogens is 1. The maximum atomic E-state index is 13.0. The van der Waals surface area contributed by atoms with Gasteiger partial charge in [0.05, 0.1) is 10.6 Å². The Kier molecular flexibility index (Phi) is 4.28. The van der Waals surface area contributed by atoms with Crippen LogP contribution < -0.4 is 0 Å². The van der Waals surface area contributed by atoms with E-state index in [9.17, 15) is 13.2 Å². The lowest BCUT2D eigenvalue weighted by Gasteiger charge is -2.24. The summed E-state index contributed by atoms with van der Waals surface area (Å²) in [6, 6.07) is 15.7. The van der Waals surface area contributed by atoms with Crippen LogP contribution in [0.2, 0.25) is 0 Å².